The highest BCUT2D eigenvalue weighted by molar-refractivity contribution is 6.23. The zero-order valence-corrected chi connectivity index (χ0v) is 11.2. The van der Waals surface area contributed by atoms with E-state index in [1.54, 1.807) is 0 Å². The minimum absolute atomic E-state index is 0.210. The first-order valence-electron chi connectivity index (χ1n) is 7.31. The Morgan fingerprint density at radius 1 is 0.905 bits per heavy atom. The van der Waals surface area contributed by atoms with Crippen molar-refractivity contribution in [3.63, 3.8) is 0 Å². The van der Waals surface area contributed by atoms with Crippen molar-refractivity contribution in [2.45, 2.75) is 12.2 Å². The third-order valence-electron chi connectivity index (χ3n) is 4.82. The molecule has 2 aliphatic rings. The molecule has 1 saturated heterocycles. The van der Waals surface area contributed by atoms with E-state index in [1.807, 2.05) is 0 Å². The molecule has 0 spiro atoms. The number of pyridine rings is 1. The number of rotatable bonds is 0. The van der Waals surface area contributed by atoms with E-state index in [9.17, 15) is 0 Å². The quantitative estimate of drug-likeness (QED) is 0.348. The Balaban J connectivity index is 1.94. The number of hydrogen-bond donors (Lipinski definition) is 0. The highest BCUT2D eigenvalue weighted by atomic mass is 16.6. The van der Waals surface area contributed by atoms with Gasteiger partial charge in [-0.25, -0.2) is 4.98 Å². The Morgan fingerprint density at radius 2 is 1.76 bits per heavy atom. The van der Waals surface area contributed by atoms with Gasteiger partial charge in [0.25, 0.3) is 0 Å². The Kier molecular flexibility index (Phi) is 1.59. The number of epoxide rings is 1. The van der Waals surface area contributed by atoms with Crippen LogP contribution in [-0.4, -0.2) is 11.1 Å². The fourth-order valence-electron chi connectivity index (χ4n) is 3.82. The van der Waals surface area contributed by atoms with Crippen LogP contribution in [0.3, 0.4) is 0 Å². The topological polar surface area (TPSA) is 25.4 Å². The molecule has 3 aromatic carbocycles. The second kappa shape index (κ2) is 3.23. The van der Waals surface area contributed by atoms with Crippen molar-refractivity contribution in [2.24, 2.45) is 0 Å². The highest BCUT2D eigenvalue weighted by Crippen LogP contribution is 2.49. The molecule has 0 saturated carbocycles. The SMILES string of the molecule is C1=C[C@@H]2O[C@@H]2c2c1nc1ccc3cccc4ccc2c1c34. The van der Waals surface area contributed by atoms with Crippen LogP contribution in [0.5, 0.6) is 0 Å². The summed E-state index contributed by atoms with van der Waals surface area (Å²) in [5.41, 5.74) is 3.42. The Labute approximate surface area is 121 Å². The van der Waals surface area contributed by atoms with Crippen LogP contribution in [0.4, 0.5) is 0 Å². The maximum absolute atomic E-state index is 5.77. The van der Waals surface area contributed by atoms with Gasteiger partial charge < -0.3 is 4.74 Å². The summed E-state index contributed by atoms with van der Waals surface area (Å²) in [5, 5.41) is 6.48. The van der Waals surface area contributed by atoms with Crippen molar-refractivity contribution < 1.29 is 4.74 Å². The fourth-order valence-corrected chi connectivity index (χ4v) is 3.82. The van der Waals surface area contributed by atoms with Crippen LogP contribution in [0.1, 0.15) is 17.4 Å². The van der Waals surface area contributed by atoms with Gasteiger partial charge in [0.05, 0.1) is 11.2 Å². The standard InChI is InChI=1S/C19H11NO/c1-2-10-4-6-12-17-13(7-5-11(3-1)16(10)17)20-14-8-9-15-19(21-15)18(12)14/h1-9,15,19H/t15-,19-/m0/s1. The molecular weight excluding hydrogens is 258 g/mol. The van der Waals surface area contributed by atoms with Crippen molar-refractivity contribution in [3.05, 3.63) is 59.8 Å². The van der Waals surface area contributed by atoms with Crippen molar-refractivity contribution in [2.75, 3.05) is 0 Å². The molecule has 98 valence electrons. The predicted molar refractivity (Wildman–Crippen MR) is 84.6 cm³/mol. The Hall–Kier alpha value is -2.45. The minimum atomic E-state index is 0.210. The first-order chi connectivity index (χ1) is 10.4. The van der Waals surface area contributed by atoms with Crippen molar-refractivity contribution in [1.82, 2.24) is 4.98 Å². The third kappa shape index (κ3) is 1.16. The average molecular weight is 269 g/mol. The second-order valence-corrected chi connectivity index (χ2v) is 5.94. The molecule has 21 heavy (non-hydrogen) atoms. The van der Waals surface area contributed by atoms with E-state index in [0.717, 1.165) is 11.2 Å². The van der Waals surface area contributed by atoms with Gasteiger partial charge in [-0.05, 0) is 33.7 Å². The summed E-state index contributed by atoms with van der Waals surface area (Å²) < 4.78 is 5.77. The summed E-state index contributed by atoms with van der Waals surface area (Å²) in [6.07, 6.45) is 4.70. The molecular formula is C19H11NO. The lowest BCUT2D eigenvalue weighted by molar-refractivity contribution is 0.396. The molecule has 2 heterocycles. The second-order valence-electron chi connectivity index (χ2n) is 5.94. The summed E-state index contributed by atoms with van der Waals surface area (Å²) in [6, 6.07) is 15.2. The molecule has 2 heteroatoms. The summed E-state index contributed by atoms with van der Waals surface area (Å²) in [5.74, 6) is 0. The lowest BCUT2D eigenvalue weighted by atomic mass is 9.90. The largest absolute Gasteiger partial charge is 0.360 e. The summed E-state index contributed by atoms with van der Waals surface area (Å²) in [6.45, 7) is 0. The van der Waals surface area contributed by atoms with Gasteiger partial charge in [-0.3, -0.25) is 0 Å². The van der Waals surface area contributed by atoms with Crippen molar-refractivity contribution in [1.29, 1.82) is 0 Å². The van der Waals surface area contributed by atoms with Gasteiger partial charge >= 0.3 is 0 Å². The summed E-state index contributed by atoms with van der Waals surface area (Å²) >= 11 is 0. The first-order valence-corrected chi connectivity index (χ1v) is 7.31. The zero-order chi connectivity index (χ0) is 13.6. The van der Waals surface area contributed by atoms with E-state index >= 15 is 0 Å². The van der Waals surface area contributed by atoms with Gasteiger partial charge in [-0.1, -0.05) is 42.5 Å². The number of hydrogen-bond acceptors (Lipinski definition) is 2. The molecule has 1 aromatic heterocycles. The van der Waals surface area contributed by atoms with Crippen LogP contribution >= 0.6 is 0 Å². The van der Waals surface area contributed by atoms with Crippen LogP contribution in [0, 0.1) is 0 Å². The molecule has 1 fully saturated rings. The van der Waals surface area contributed by atoms with Crippen LogP contribution in [0.2, 0.25) is 0 Å². The van der Waals surface area contributed by atoms with Crippen LogP contribution in [0.25, 0.3) is 38.5 Å². The van der Waals surface area contributed by atoms with Crippen molar-refractivity contribution in [3.8, 4) is 0 Å². The smallest absolute Gasteiger partial charge is 0.116 e. The van der Waals surface area contributed by atoms with Gasteiger partial charge in [-0.2, -0.15) is 0 Å². The fraction of sp³-hybridized carbons (Fsp3) is 0.105. The third-order valence-corrected chi connectivity index (χ3v) is 4.82. The van der Waals surface area contributed by atoms with Crippen LogP contribution in [0.15, 0.2) is 48.5 Å². The molecule has 1 aliphatic heterocycles. The predicted octanol–water partition coefficient (Wildman–Crippen LogP) is 4.45. The van der Waals surface area contributed by atoms with Gasteiger partial charge in [0.2, 0.25) is 0 Å². The van der Waals surface area contributed by atoms with Gasteiger partial charge in [-0.15, -0.1) is 0 Å². The molecule has 0 bridgehead atoms. The number of aromatic nitrogens is 1. The normalized spacial score (nSPS) is 22.9. The first kappa shape index (κ1) is 10.3. The Bertz CT molecular complexity index is 1060. The van der Waals surface area contributed by atoms with Gasteiger partial charge in [0.15, 0.2) is 0 Å². The number of nitrogens with zero attached hydrogens (tertiary/aromatic N) is 1. The molecule has 0 radical (unpaired) electrons. The van der Waals surface area contributed by atoms with Gasteiger partial charge in [0.1, 0.15) is 12.2 Å². The molecule has 4 aromatic rings. The maximum Gasteiger partial charge on any atom is 0.116 e. The van der Waals surface area contributed by atoms with Crippen LogP contribution < -0.4 is 0 Å². The molecule has 0 N–H and O–H groups in total. The highest BCUT2D eigenvalue weighted by Gasteiger charge is 2.43. The van der Waals surface area contributed by atoms with E-state index in [-0.39, 0.29) is 12.2 Å². The molecule has 6 rings (SSSR count). The molecule has 2 atom stereocenters. The molecule has 0 unspecified atom stereocenters. The number of fused-ring (bicyclic) bond motifs is 4. The van der Waals surface area contributed by atoms with E-state index in [0.29, 0.717) is 0 Å². The summed E-state index contributed by atoms with van der Waals surface area (Å²) in [4.78, 5) is 4.88. The number of benzene rings is 3. The van der Waals surface area contributed by atoms with Crippen molar-refractivity contribution >= 4 is 38.5 Å². The number of ether oxygens (including phenoxy) is 1. The van der Waals surface area contributed by atoms with E-state index < -0.39 is 0 Å². The Morgan fingerprint density at radius 3 is 2.67 bits per heavy atom. The molecule has 0 amide bonds. The average Bonchev–Trinajstić information content (AvgIpc) is 3.31. The van der Waals surface area contributed by atoms with E-state index in [4.69, 9.17) is 9.72 Å². The van der Waals surface area contributed by atoms with Gasteiger partial charge in [0, 0.05) is 10.9 Å². The summed E-state index contributed by atoms with van der Waals surface area (Å²) in [7, 11) is 0. The zero-order valence-electron chi connectivity index (χ0n) is 11.2. The minimum Gasteiger partial charge on any atom is -0.360 e. The lowest BCUT2D eigenvalue weighted by Crippen LogP contribution is -2.01. The van der Waals surface area contributed by atoms with Crippen LogP contribution in [-0.2, 0) is 4.74 Å². The molecule has 1 aliphatic carbocycles. The monoisotopic (exact) mass is 269 g/mol. The maximum atomic E-state index is 5.77. The lowest BCUT2D eigenvalue weighted by Gasteiger charge is -2.15. The van der Waals surface area contributed by atoms with E-state index in [2.05, 4.69) is 54.6 Å². The van der Waals surface area contributed by atoms with E-state index in [1.165, 1.54) is 32.5 Å². The molecule has 2 nitrogen and oxygen atoms in total.